The van der Waals surface area contributed by atoms with Gasteiger partial charge in [0, 0.05) is 23.5 Å². The fourth-order valence-corrected chi connectivity index (χ4v) is 3.24. The maximum Gasteiger partial charge on any atom is 0.573 e. The average molecular weight is 387 g/mol. The van der Waals surface area contributed by atoms with Gasteiger partial charge in [-0.25, -0.2) is 4.79 Å². The summed E-state index contributed by atoms with van der Waals surface area (Å²) in [4.78, 5) is 15.1. The van der Waals surface area contributed by atoms with Crippen molar-refractivity contribution in [2.24, 2.45) is 0 Å². The van der Waals surface area contributed by atoms with Crippen molar-refractivity contribution in [1.29, 1.82) is 0 Å². The number of alkyl halides is 3. The van der Waals surface area contributed by atoms with Crippen molar-refractivity contribution >= 4 is 17.4 Å². The number of ether oxygens (including phenoxy) is 1. The first-order chi connectivity index (χ1) is 12.3. The summed E-state index contributed by atoms with van der Waals surface area (Å²) >= 11 is 1.59. The highest BCUT2D eigenvalue weighted by atomic mass is 32.1. The Bertz CT molecular complexity index is 706. The Morgan fingerprint density at radius 2 is 1.92 bits per heavy atom. The summed E-state index contributed by atoms with van der Waals surface area (Å²) in [7, 11) is 3.82. The van der Waals surface area contributed by atoms with Crippen LogP contribution in [0.15, 0.2) is 41.8 Å². The zero-order valence-electron chi connectivity index (χ0n) is 14.3. The van der Waals surface area contributed by atoms with Crippen LogP contribution in [0.1, 0.15) is 16.5 Å². The van der Waals surface area contributed by atoms with Crippen LogP contribution in [0.3, 0.4) is 0 Å². The van der Waals surface area contributed by atoms with Gasteiger partial charge in [-0.3, -0.25) is 0 Å². The van der Waals surface area contributed by atoms with Crippen molar-refractivity contribution in [3.8, 4) is 5.75 Å². The van der Waals surface area contributed by atoms with Crippen LogP contribution < -0.4 is 15.4 Å². The lowest BCUT2D eigenvalue weighted by Gasteiger charge is -2.23. The van der Waals surface area contributed by atoms with Gasteiger partial charge in [-0.2, -0.15) is 0 Å². The molecule has 9 heteroatoms. The molecule has 0 saturated carbocycles. The largest absolute Gasteiger partial charge is 0.573 e. The van der Waals surface area contributed by atoms with Crippen molar-refractivity contribution in [2.75, 3.05) is 20.6 Å². The van der Waals surface area contributed by atoms with E-state index in [1.54, 1.807) is 17.4 Å². The van der Waals surface area contributed by atoms with Crippen molar-refractivity contribution in [3.63, 3.8) is 0 Å². The van der Waals surface area contributed by atoms with Gasteiger partial charge >= 0.3 is 12.4 Å². The van der Waals surface area contributed by atoms with Gasteiger partial charge in [-0.15, -0.1) is 24.5 Å². The van der Waals surface area contributed by atoms with Gasteiger partial charge in [0.25, 0.3) is 0 Å². The number of likely N-dealkylation sites (N-methyl/N-ethyl adjacent to an activating group) is 1. The number of urea groups is 1. The number of halogens is 3. The summed E-state index contributed by atoms with van der Waals surface area (Å²) in [5, 5.41) is 7.26. The Morgan fingerprint density at radius 1 is 1.19 bits per heavy atom. The minimum absolute atomic E-state index is 0.0154. The van der Waals surface area contributed by atoms with E-state index in [-0.39, 0.29) is 23.9 Å². The number of hydrogen-bond donors (Lipinski definition) is 2. The monoisotopic (exact) mass is 387 g/mol. The standard InChI is InChI=1S/C17H20F3N3O2S/c1-23(2)13(15-8-5-9-26-15)11-22-16(24)21-10-12-6-3-4-7-14(12)25-17(18,19)20/h3-9,13H,10-11H2,1-2H3,(H2,21,22,24)/t13-/m1/s1. The second kappa shape index (κ2) is 8.91. The minimum Gasteiger partial charge on any atom is -0.405 e. The molecule has 0 spiro atoms. The molecule has 1 atom stereocenters. The van der Waals surface area contributed by atoms with E-state index in [1.165, 1.54) is 18.2 Å². The highest BCUT2D eigenvalue weighted by Gasteiger charge is 2.32. The van der Waals surface area contributed by atoms with Crippen molar-refractivity contribution in [3.05, 3.63) is 52.2 Å². The summed E-state index contributed by atoms with van der Waals surface area (Å²) < 4.78 is 41.2. The van der Waals surface area contributed by atoms with E-state index < -0.39 is 12.4 Å². The van der Waals surface area contributed by atoms with E-state index in [0.29, 0.717) is 6.54 Å². The number of nitrogens with one attached hydrogen (secondary N) is 2. The summed E-state index contributed by atoms with van der Waals surface area (Å²) in [6, 6.07) is 9.17. The van der Waals surface area contributed by atoms with Crippen molar-refractivity contribution in [2.45, 2.75) is 18.9 Å². The molecule has 0 aliphatic carbocycles. The predicted molar refractivity (Wildman–Crippen MR) is 94.1 cm³/mol. The zero-order chi connectivity index (χ0) is 19.2. The van der Waals surface area contributed by atoms with E-state index in [0.717, 1.165) is 4.88 Å². The van der Waals surface area contributed by atoms with E-state index in [1.807, 2.05) is 36.5 Å². The summed E-state index contributed by atoms with van der Waals surface area (Å²) in [5.74, 6) is -0.329. The van der Waals surface area contributed by atoms with Crippen LogP contribution in [0.2, 0.25) is 0 Å². The van der Waals surface area contributed by atoms with Gasteiger partial charge in [-0.1, -0.05) is 24.3 Å². The Hall–Kier alpha value is -2.26. The molecule has 1 aromatic carbocycles. The number of nitrogens with zero attached hydrogens (tertiary/aromatic N) is 1. The van der Waals surface area contributed by atoms with Crippen molar-refractivity contribution in [1.82, 2.24) is 15.5 Å². The fourth-order valence-electron chi connectivity index (χ4n) is 2.32. The number of thiophene rings is 1. The molecule has 142 valence electrons. The highest BCUT2D eigenvalue weighted by molar-refractivity contribution is 7.10. The Kier molecular flexibility index (Phi) is 6.87. The quantitative estimate of drug-likeness (QED) is 0.761. The number of benzene rings is 1. The van der Waals surface area contributed by atoms with Gasteiger partial charge in [0.05, 0.1) is 6.04 Å². The SMILES string of the molecule is CN(C)[C@H](CNC(=O)NCc1ccccc1OC(F)(F)F)c1cccs1. The molecule has 26 heavy (non-hydrogen) atoms. The van der Waals surface area contributed by atoms with E-state index >= 15 is 0 Å². The van der Waals surface area contributed by atoms with Gasteiger partial charge in [0.1, 0.15) is 5.75 Å². The van der Waals surface area contributed by atoms with E-state index in [2.05, 4.69) is 15.4 Å². The molecule has 1 heterocycles. The third-order valence-electron chi connectivity index (χ3n) is 3.59. The van der Waals surface area contributed by atoms with Crippen LogP contribution in [-0.2, 0) is 6.54 Å². The summed E-state index contributed by atoms with van der Waals surface area (Å²) in [6.07, 6.45) is -4.78. The van der Waals surface area contributed by atoms with E-state index in [9.17, 15) is 18.0 Å². The number of carbonyl (C=O) groups is 1. The van der Waals surface area contributed by atoms with Gasteiger partial charge in [0.2, 0.25) is 0 Å². The molecule has 2 N–H and O–H groups in total. The molecule has 5 nitrogen and oxygen atoms in total. The Morgan fingerprint density at radius 3 is 2.54 bits per heavy atom. The molecule has 2 amide bonds. The van der Waals surface area contributed by atoms with Gasteiger partial charge < -0.3 is 20.3 Å². The lowest BCUT2D eigenvalue weighted by Crippen LogP contribution is -2.40. The second-order valence-corrected chi connectivity index (χ2v) is 6.69. The van der Waals surface area contributed by atoms with Crippen molar-refractivity contribution < 1.29 is 22.7 Å². The summed E-state index contributed by atoms with van der Waals surface area (Å²) in [5.41, 5.74) is 0.238. The van der Waals surface area contributed by atoms with Crippen LogP contribution in [0.4, 0.5) is 18.0 Å². The molecule has 0 fully saturated rings. The first-order valence-electron chi connectivity index (χ1n) is 7.81. The average Bonchev–Trinajstić information content (AvgIpc) is 3.06. The molecule has 0 unspecified atom stereocenters. The minimum atomic E-state index is -4.78. The Labute approximate surface area is 153 Å². The third kappa shape index (κ3) is 6.23. The van der Waals surface area contributed by atoms with Crippen LogP contribution in [0, 0.1) is 0 Å². The van der Waals surface area contributed by atoms with Crippen LogP contribution in [-0.4, -0.2) is 37.9 Å². The highest BCUT2D eigenvalue weighted by Crippen LogP contribution is 2.26. The maximum atomic E-state index is 12.4. The lowest BCUT2D eigenvalue weighted by molar-refractivity contribution is -0.274. The maximum absolute atomic E-state index is 12.4. The van der Waals surface area contributed by atoms with Crippen LogP contribution in [0.25, 0.3) is 0 Å². The first kappa shape index (κ1) is 20.1. The topological polar surface area (TPSA) is 53.6 Å². The second-order valence-electron chi connectivity index (χ2n) is 5.71. The smallest absolute Gasteiger partial charge is 0.405 e. The predicted octanol–water partition coefficient (Wildman–Crippen LogP) is 3.75. The fraction of sp³-hybridized carbons (Fsp3) is 0.353. The molecule has 0 aliphatic rings. The third-order valence-corrected chi connectivity index (χ3v) is 4.56. The number of hydrogen-bond acceptors (Lipinski definition) is 4. The van der Waals surface area contributed by atoms with E-state index in [4.69, 9.17) is 0 Å². The molecule has 0 bridgehead atoms. The van der Waals surface area contributed by atoms with Crippen LogP contribution in [0.5, 0.6) is 5.75 Å². The number of rotatable bonds is 7. The molecular weight excluding hydrogens is 367 g/mol. The molecule has 0 saturated heterocycles. The molecular formula is C17H20F3N3O2S. The van der Waals surface area contributed by atoms with Gasteiger partial charge in [-0.05, 0) is 31.6 Å². The number of carbonyl (C=O) groups excluding carboxylic acids is 1. The molecule has 0 aliphatic heterocycles. The molecule has 2 aromatic rings. The Balaban J connectivity index is 1.89. The van der Waals surface area contributed by atoms with Gasteiger partial charge in [0.15, 0.2) is 0 Å². The molecule has 2 rings (SSSR count). The number of amides is 2. The summed E-state index contributed by atoms with van der Waals surface area (Å²) in [6.45, 7) is 0.295. The lowest BCUT2D eigenvalue weighted by atomic mass is 10.2. The molecule has 1 aromatic heterocycles. The van der Waals surface area contributed by atoms with Crippen LogP contribution >= 0.6 is 11.3 Å². The number of para-hydroxylation sites is 1. The first-order valence-corrected chi connectivity index (χ1v) is 8.69. The normalized spacial score (nSPS) is 12.7. The zero-order valence-corrected chi connectivity index (χ0v) is 15.2. The molecule has 0 radical (unpaired) electrons.